The number of methoxy groups -OCH3 is 1. The Morgan fingerprint density at radius 2 is 2.11 bits per heavy atom. The second-order valence-electron chi connectivity index (χ2n) is 3.62. The molecule has 0 bridgehead atoms. The minimum Gasteiger partial charge on any atom is -0.469 e. The molecule has 0 spiro atoms. The summed E-state index contributed by atoms with van der Waals surface area (Å²) in [5.41, 5.74) is 5.76. The number of rotatable bonds is 4. The van der Waals surface area contributed by atoms with E-state index in [2.05, 4.69) is 25.4 Å². The number of nitrogens with two attached hydrogens (primary N) is 1. The first-order valence-electron chi connectivity index (χ1n) is 5.10. The highest BCUT2D eigenvalue weighted by Crippen LogP contribution is 2.33. The molecule has 0 aliphatic carbocycles. The summed E-state index contributed by atoms with van der Waals surface area (Å²) in [6.45, 7) is 0. The lowest BCUT2D eigenvalue weighted by molar-refractivity contribution is -0.275. The zero-order chi connectivity index (χ0) is 14.6. The van der Waals surface area contributed by atoms with Gasteiger partial charge in [-0.1, -0.05) is 15.9 Å². The number of hydrogen-bond acceptors (Lipinski definition) is 4. The predicted molar refractivity (Wildman–Crippen MR) is 64.4 cm³/mol. The Morgan fingerprint density at radius 1 is 1.47 bits per heavy atom. The second kappa shape index (κ2) is 6.25. The fourth-order valence-electron chi connectivity index (χ4n) is 1.40. The van der Waals surface area contributed by atoms with Gasteiger partial charge in [0, 0.05) is 16.1 Å². The molecular formula is C11H11BrF3NO3. The number of halogens is 4. The molecule has 0 radical (unpaired) electrons. The van der Waals surface area contributed by atoms with E-state index in [0.29, 0.717) is 4.47 Å². The highest BCUT2D eigenvalue weighted by Gasteiger charge is 2.33. The van der Waals surface area contributed by atoms with Gasteiger partial charge in [-0.25, -0.2) is 0 Å². The fourth-order valence-corrected chi connectivity index (χ4v) is 1.78. The number of benzene rings is 1. The van der Waals surface area contributed by atoms with Crippen LogP contribution in [0.15, 0.2) is 22.7 Å². The molecule has 0 saturated carbocycles. The third-order valence-electron chi connectivity index (χ3n) is 2.21. The van der Waals surface area contributed by atoms with Gasteiger partial charge in [-0.15, -0.1) is 13.2 Å². The van der Waals surface area contributed by atoms with Crippen molar-refractivity contribution in [3.63, 3.8) is 0 Å². The maximum atomic E-state index is 12.2. The average Bonchev–Trinajstić information content (AvgIpc) is 2.29. The topological polar surface area (TPSA) is 61.5 Å². The van der Waals surface area contributed by atoms with E-state index in [1.54, 1.807) is 0 Å². The summed E-state index contributed by atoms with van der Waals surface area (Å²) in [5.74, 6) is -1.06. The third-order valence-corrected chi connectivity index (χ3v) is 2.70. The second-order valence-corrected chi connectivity index (χ2v) is 4.53. The largest absolute Gasteiger partial charge is 0.573 e. The number of ether oxygens (including phenoxy) is 2. The smallest absolute Gasteiger partial charge is 0.469 e. The Labute approximate surface area is 115 Å². The Kier molecular flexibility index (Phi) is 5.19. The highest BCUT2D eigenvalue weighted by molar-refractivity contribution is 9.10. The van der Waals surface area contributed by atoms with E-state index in [-0.39, 0.29) is 12.0 Å². The lowest BCUT2D eigenvalue weighted by Crippen LogP contribution is -2.21. The molecule has 8 heteroatoms. The monoisotopic (exact) mass is 341 g/mol. The molecule has 106 valence electrons. The molecule has 0 fully saturated rings. The van der Waals surface area contributed by atoms with Crippen molar-refractivity contribution < 1.29 is 27.4 Å². The highest BCUT2D eigenvalue weighted by atomic mass is 79.9. The standard InChI is InChI=1S/C11H11BrF3NO3/c1-18-10(17)5-8(16)7-4-6(12)2-3-9(7)19-11(13,14)15/h2-4,8H,5,16H2,1H3/t8-/m0/s1. The van der Waals surface area contributed by atoms with Crippen LogP contribution in [0.5, 0.6) is 5.75 Å². The molecule has 0 saturated heterocycles. The van der Waals surface area contributed by atoms with Gasteiger partial charge >= 0.3 is 12.3 Å². The number of carbonyl (C=O) groups excluding carboxylic acids is 1. The lowest BCUT2D eigenvalue weighted by Gasteiger charge is -2.17. The SMILES string of the molecule is COC(=O)C[C@H](N)c1cc(Br)ccc1OC(F)(F)F. The van der Waals surface area contributed by atoms with Gasteiger partial charge in [0.05, 0.1) is 13.5 Å². The summed E-state index contributed by atoms with van der Waals surface area (Å²) in [6, 6.07) is 2.93. The van der Waals surface area contributed by atoms with E-state index in [1.807, 2.05) is 0 Å². The molecule has 0 heterocycles. The van der Waals surface area contributed by atoms with Crippen molar-refractivity contribution in [2.45, 2.75) is 18.8 Å². The molecule has 0 aliphatic rings. The van der Waals surface area contributed by atoms with Crippen LogP contribution in [0, 0.1) is 0 Å². The van der Waals surface area contributed by atoms with Crippen LogP contribution in [0.3, 0.4) is 0 Å². The molecule has 4 nitrogen and oxygen atoms in total. The van der Waals surface area contributed by atoms with Crippen molar-refractivity contribution in [3.8, 4) is 5.75 Å². The van der Waals surface area contributed by atoms with Crippen molar-refractivity contribution in [1.82, 2.24) is 0 Å². The first-order valence-corrected chi connectivity index (χ1v) is 5.90. The van der Waals surface area contributed by atoms with Crippen molar-refractivity contribution in [2.75, 3.05) is 7.11 Å². The summed E-state index contributed by atoms with van der Waals surface area (Å²) >= 11 is 3.12. The summed E-state index contributed by atoms with van der Waals surface area (Å²) < 4.78 is 45.6. The van der Waals surface area contributed by atoms with Crippen LogP contribution >= 0.6 is 15.9 Å². The number of carbonyl (C=O) groups is 1. The molecule has 19 heavy (non-hydrogen) atoms. The Balaban J connectivity index is 3.03. The van der Waals surface area contributed by atoms with Crippen molar-refractivity contribution in [1.29, 1.82) is 0 Å². The van der Waals surface area contributed by atoms with Crippen LogP contribution in [-0.4, -0.2) is 19.4 Å². The summed E-state index contributed by atoms with van der Waals surface area (Å²) in [7, 11) is 1.17. The zero-order valence-corrected chi connectivity index (χ0v) is 11.4. The lowest BCUT2D eigenvalue weighted by atomic mass is 10.0. The van der Waals surface area contributed by atoms with Crippen molar-refractivity contribution in [3.05, 3.63) is 28.2 Å². The molecule has 0 unspecified atom stereocenters. The Hall–Kier alpha value is -1.28. The minimum absolute atomic E-state index is 0.0668. The number of esters is 1. The van der Waals surface area contributed by atoms with Gasteiger partial charge < -0.3 is 15.2 Å². The zero-order valence-electron chi connectivity index (χ0n) is 9.83. The molecule has 0 amide bonds. The molecule has 1 aromatic rings. The number of alkyl halides is 3. The Bertz CT molecular complexity index is 465. The van der Waals surface area contributed by atoms with Crippen molar-refractivity contribution >= 4 is 21.9 Å². The molecule has 0 aliphatic heterocycles. The molecule has 1 rings (SSSR count). The Morgan fingerprint density at radius 3 is 2.63 bits per heavy atom. The quantitative estimate of drug-likeness (QED) is 0.855. The van der Waals surface area contributed by atoms with E-state index in [0.717, 1.165) is 6.07 Å². The van der Waals surface area contributed by atoms with E-state index in [4.69, 9.17) is 5.73 Å². The van der Waals surface area contributed by atoms with E-state index in [9.17, 15) is 18.0 Å². The number of hydrogen-bond donors (Lipinski definition) is 1. The molecule has 0 aromatic heterocycles. The van der Waals surface area contributed by atoms with Gasteiger partial charge in [0.2, 0.25) is 0 Å². The molecule has 2 N–H and O–H groups in total. The van der Waals surface area contributed by atoms with Gasteiger partial charge in [0.1, 0.15) is 5.75 Å². The first kappa shape index (κ1) is 15.8. The van der Waals surface area contributed by atoms with Gasteiger partial charge in [-0.2, -0.15) is 0 Å². The van der Waals surface area contributed by atoms with E-state index < -0.39 is 24.1 Å². The van der Waals surface area contributed by atoms with Crippen LogP contribution in [0.25, 0.3) is 0 Å². The summed E-state index contributed by atoms with van der Waals surface area (Å²) in [6.07, 6.45) is -5.07. The average molecular weight is 342 g/mol. The van der Waals surface area contributed by atoms with Crippen LogP contribution in [-0.2, 0) is 9.53 Å². The normalized spacial score (nSPS) is 12.9. The predicted octanol–water partition coefficient (Wildman–Crippen LogP) is 2.91. The van der Waals surface area contributed by atoms with Crippen LogP contribution in [0.1, 0.15) is 18.0 Å². The summed E-state index contributed by atoms with van der Waals surface area (Å²) in [5, 5.41) is 0. The fraction of sp³-hybridized carbons (Fsp3) is 0.364. The first-order chi connectivity index (χ1) is 8.73. The van der Waals surface area contributed by atoms with E-state index >= 15 is 0 Å². The van der Waals surface area contributed by atoms with E-state index in [1.165, 1.54) is 19.2 Å². The summed E-state index contributed by atoms with van der Waals surface area (Å²) in [4.78, 5) is 11.1. The third kappa shape index (κ3) is 5.07. The molecule has 1 aromatic carbocycles. The van der Waals surface area contributed by atoms with Gasteiger partial charge in [0.25, 0.3) is 0 Å². The van der Waals surface area contributed by atoms with Gasteiger partial charge in [-0.3, -0.25) is 4.79 Å². The minimum atomic E-state index is -4.83. The maximum absolute atomic E-state index is 12.2. The van der Waals surface area contributed by atoms with Crippen LogP contribution < -0.4 is 10.5 Å². The molecular weight excluding hydrogens is 331 g/mol. The molecule has 1 atom stereocenters. The van der Waals surface area contributed by atoms with Crippen LogP contribution in [0.2, 0.25) is 0 Å². The van der Waals surface area contributed by atoms with Crippen LogP contribution in [0.4, 0.5) is 13.2 Å². The van der Waals surface area contributed by atoms with Gasteiger partial charge in [0.15, 0.2) is 0 Å². The van der Waals surface area contributed by atoms with Gasteiger partial charge in [-0.05, 0) is 18.2 Å². The van der Waals surface area contributed by atoms with Crippen molar-refractivity contribution in [2.24, 2.45) is 5.73 Å². The maximum Gasteiger partial charge on any atom is 0.573 e.